The van der Waals surface area contributed by atoms with Crippen molar-refractivity contribution in [2.45, 2.75) is 39.2 Å². The second-order valence-electron chi connectivity index (χ2n) is 4.45. The normalized spacial score (nSPS) is 10.8. The molecule has 0 atom stereocenters. The lowest BCUT2D eigenvalue weighted by Gasteiger charge is -2.05. The molecule has 3 heteroatoms. The fraction of sp³-hybridized carbons (Fsp3) is 0.600. The van der Waals surface area contributed by atoms with Crippen LogP contribution >= 0.6 is 15.9 Å². The Kier molecular flexibility index (Phi) is 9.17. The maximum Gasteiger partial charge on any atom is 0.0716 e. The molecule has 0 heterocycles. The third-order valence-corrected chi connectivity index (χ3v) is 3.35. The van der Waals surface area contributed by atoms with Gasteiger partial charge >= 0.3 is 0 Å². The zero-order valence-corrected chi connectivity index (χ0v) is 12.8. The van der Waals surface area contributed by atoms with Gasteiger partial charge in [-0.05, 0) is 43.6 Å². The van der Waals surface area contributed by atoms with E-state index in [1.165, 1.54) is 31.2 Å². The van der Waals surface area contributed by atoms with E-state index in [9.17, 15) is 0 Å². The van der Waals surface area contributed by atoms with Gasteiger partial charge in [0, 0.05) is 11.1 Å². The Balaban J connectivity index is 1.91. The molecule has 1 aromatic carbocycles. The van der Waals surface area contributed by atoms with Crippen molar-refractivity contribution in [2.24, 2.45) is 0 Å². The van der Waals surface area contributed by atoms with Gasteiger partial charge in [-0.15, -0.1) is 0 Å². The lowest BCUT2D eigenvalue weighted by atomic mass is 10.2. The number of benzene rings is 1. The Morgan fingerprint density at radius 1 is 1.06 bits per heavy atom. The molecule has 102 valence electrons. The van der Waals surface area contributed by atoms with Crippen LogP contribution in [0.15, 0.2) is 28.7 Å². The van der Waals surface area contributed by atoms with Crippen molar-refractivity contribution in [1.82, 2.24) is 5.32 Å². The maximum absolute atomic E-state index is 5.66. The second kappa shape index (κ2) is 10.5. The summed E-state index contributed by atoms with van der Waals surface area (Å²) in [5, 5.41) is 3.34. The highest BCUT2D eigenvalue weighted by molar-refractivity contribution is 9.10. The van der Waals surface area contributed by atoms with Crippen LogP contribution < -0.4 is 5.32 Å². The van der Waals surface area contributed by atoms with Crippen LogP contribution in [0.25, 0.3) is 0 Å². The van der Waals surface area contributed by atoms with E-state index in [1.54, 1.807) is 0 Å². The summed E-state index contributed by atoms with van der Waals surface area (Å²) < 4.78 is 6.77. The van der Waals surface area contributed by atoms with Gasteiger partial charge in [0.15, 0.2) is 0 Å². The fourth-order valence-electron chi connectivity index (χ4n) is 1.76. The molecule has 0 amide bonds. The quantitative estimate of drug-likeness (QED) is 0.656. The molecule has 18 heavy (non-hydrogen) atoms. The molecule has 1 aromatic rings. The Hall–Kier alpha value is -0.380. The zero-order chi connectivity index (χ0) is 13.1. The highest BCUT2D eigenvalue weighted by Gasteiger charge is 1.94. The first kappa shape index (κ1) is 15.7. The lowest BCUT2D eigenvalue weighted by molar-refractivity contribution is 0.116. The van der Waals surface area contributed by atoms with Gasteiger partial charge in [-0.2, -0.15) is 0 Å². The number of halogens is 1. The number of nitrogens with one attached hydrogen (secondary N) is 1. The predicted molar refractivity (Wildman–Crippen MR) is 80.8 cm³/mol. The van der Waals surface area contributed by atoms with Crippen molar-refractivity contribution in [3.63, 3.8) is 0 Å². The van der Waals surface area contributed by atoms with Gasteiger partial charge in [0.1, 0.15) is 0 Å². The van der Waals surface area contributed by atoms with E-state index in [-0.39, 0.29) is 0 Å². The van der Waals surface area contributed by atoms with Crippen molar-refractivity contribution >= 4 is 15.9 Å². The zero-order valence-electron chi connectivity index (χ0n) is 11.3. The molecule has 0 aliphatic rings. The van der Waals surface area contributed by atoms with Crippen molar-refractivity contribution in [1.29, 1.82) is 0 Å². The first-order valence-corrected chi connectivity index (χ1v) is 7.65. The second-order valence-corrected chi connectivity index (χ2v) is 5.36. The Morgan fingerprint density at radius 3 is 2.50 bits per heavy atom. The average Bonchev–Trinajstić information content (AvgIpc) is 2.39. The van der Waals surface area contributed by atoms with E-state index in [2.05, 4.69) is 52.4 Å². The van der Waals surface area contributed by atoms with Gasteiger partial charge in [0.05, 0.1) is 6.61 Å². The van der Waals surface area contributed by atoms with Gasteiger partial charge in [-0.25, -0.2) is 0 Å². The number of rotatable bonds is 10. The topological polar surface area (TPSA) is 21.3 Å². The summed E-state index contributed by atoms with van der Waals surface area (Å²) in [6, 6.07) is 8.31. The van der Waals surface area contributed by atoms with Crippen LogP contribution in [0, 0.1) is 0 Å². The number of hydrogen-bond acceptors (Lipinski definition) is 2. The summed E-state index contributed by atoms with van der Waals surface area (Å²) >= 11 is 3.43. The molecule has 0 aromatic heterocycles. The van der Waals surface area contributed by atoms with E-state index in [0.29, 0.717) is 0 Å². The van der Waals surface area contributed by atoms with Crippen LogP contribution in [0.3, 0.4) is 0 Å². The van der Waals surface area contributed by atoms with E-state index < -0.39 is 0 Å². The fourth-order valence-corrected chi connectivity index (χ4v) is 2.02. The van der Waals surface area contributed by atoms with Crippen LogP contribution in [0.4, 0.5) is 0 Å². The smallest absolute Gasteiger partial charge is 0.0716 e. The van der Waals surface area contributed by atoms with Crippen LogP contribution in [-0.4, -0.2) is 19.7 Å². The molecule has 0 radical (unpaired) electrons. The number of unbranched alkanes of at least 4 members (excludes halogenated alkanes) is 3. The van der Waals surface area contributed by atoms with Crippen molar-refractivity contribution < 1.29 is 4.74 Å². The molecule has 0 aliphatic carbocycles. The van der Waals surface area contributed by atoms with E-state index in [0.717, 1.165) is 30.8 Å². The average molecular weight is 314 g/mol. The van der Waals surface area contributed by atoms with E-state index in [1.807, 2.05) is 0 Å². The minimum atomic E-state index is 0.727. The lowest BCUT2D eigenvalue weighted by Crippen LogP contribution is -2.13. The summed E-state index contributed by atoms with van der Waals surface area (Å²) in [6.07, 6.45) is 5.02. The van der Waals surface area contributed by atoms with Crippen molar-refractivity contribution in [3.05, 3.63) is 34.3 Å². The third kappa shape index (κ3) is 7.85. The standard InChI is InChI=1S/C15H24BrNO/c1-2-17-11-5-3-4-6-12-18-13-14-7-9-15(16)10-8-14/h7-10,17H,2-6,11-13H2,1H3. The number of ether oxygens (including phenoxy) is 1. The van der Waals surface area contributed by atoms with Gasteiger partial charge in [0.25, 0.3) is 0 Å². The maximum atomic E-state index is 5.66. The first-order valence-electron chi connectivity index (χ1n) is 6.86. The van der Waals surface area contributed by atoms with Crippen LogP contribution in [0.1, 0.15) is 38.2 Å². The highest BCUT2D eigenvalue weighted by atomic mass is 79.9. The molecule has 0 unspecified atom stereocenters. The molecule has 0 spiro atoms. The monoisotopic (exact) mass is 313 g/mol. The van der Waals surface area contributed by atoms with Crippen LogP contribution in [0.2, 0.25) is 0 Å². The van der Waals surface area contributed by atoms with Crippen LogP contribution in [-0.2, 0) is 11.3 Å². The van der Waals surface area contributed by atoms with Gasteiger partial charge in [0.2, 0.25) is 0 Å². The number of hydrogen-bond donors (Lipinski definition) is 1. The summed E-state index contributed by atoms with van der Waals surface area (Å²) in [5.74, 6) is 0. The Bertz CT molecular complexity index is 300. The van der Waals surface area contributed by atoms with Crippen molar-refractivity contribution in [2.75, 3.05) is 19.7 Å². The molecular weight excluding hydrogens is 290 g/mol. The first-order chi connectivity index (χ1) is 8.83. The molecule has 0 fully saturated rings. The van der Waals surface area contributed by atoms with E-state index >= 15 is 0 Å². The summed E-state index contributed by atoms with van der Waals surface area (Å²) in [5.41, 5.74) is 1.24. The van der Waals surface area contributed by atoms with E-state index in [4.69, 9.17) is 4.74 Å². The summed E-state index contributed by atoms with van der Waals surface area (Å²) in [6.45, 7) is 5.98. The molecule has 0 bridgehead atoms. The minimum Gasteiger partial charge on any atom is -0.377 e. The molecule has 0 saturated heterocycles. The molecule has 1 N–H and O–H groups in total. The van der Waals surface area contributed by atoms with Gasteiger partial charge in [-0.3, -0.25) is 0 Å². The van der Waals surface area contributed by atoms with Crippen molar-refractivity contribution in [3.8, 4) is 0 Å². The molecule has 0 saturated carbocycles. The molecular formula is C15H24BrNO. The molecule has 0 aliphatic heterocycles. The minimum absolute atomic E-state index is 0.727. The Morgan fingerprint density at radius 2 is 1.78 bits per heavy atom. The summed E-state index contributed by atoms with van der Waals surface area (Å²) in [7, 11) is 0. The third-order valence-electron chi connectivity index (χ3n) is 2.82. The van der Waals surface area contributed by atoms with Gasteiger partial charge in [-0.1, -0.05) is 47.8 Å². The largest absolute Gasteiger partial charge is 0.377 e. The highest BCUT2D eigenvalue weighted by Crippen LogP contribution is 2.11. The predicted octanol–water partition coefficient (Wildman–Crippen LogP) is 4.14. The van der Waals surface area contributed by atoms with Gasteiger partial charge < -0.3 is 10.1 Å². The molecule has 1 rings (SSSR count). The van der Waals surface area contributed by atoms with Crippen LogP contribution in [0.5, 0.6) is 0 Å². The summed E-state index contributed by atoms with van der Waals surface area (Å²) in [4.78, 5) is 0. The Labute approximate surface area is 119 Å². The molecule has 2 nitrogen and oxygen atoms in total. The SMILES string of the molecule is CCNCCCCCCOCc1ccc(Br)cc1.